The van der Waals surface area contributed by atoms with Crippen molar-refractivity contribution in [1.82, 2.24) is 10.6 Å². The van der Waals surface area contributed by atoms with E-state index in [1.54, 1.807) is 0 Å². The maximum absolute atomic E-state index is 11.6. The summed E-state index contributed by atoms with van der Waals surface area (Å²) in [6.45, 7) is 0.288. The number of rotatable bonds is 5. The summed E-state index contributed by atoms with van der Waals surface area (Å²) in [4.78, 5) is 24.1. The fraction of sp³-hybridized carbons (Fsp3) is 0.571. The van der Waals surface area contributed by atoms with Crippen molar-refractivity contribution in [2.75, 3.05) is 6.54 Å². The second-order valence-corrected chi connectivity index (χ2v) is 6.01. The van der Waals surface area contributed by atoms with Crippen LogP contribution in [0.5, 0.6) is 0 Å². The van der Waals surface area contributed by atoms with Crippen LogP contribution in [0.15, 0.2) is 17.5 Å². The van der Waals surface area contributed by atoms with Crippen LogP contribution in [0.3, 0.4) is 0 Å². The van der Waals surface area contributed by atoms with Gasteiger partial charge in [0.05, 0.1) is 6.10 Å². The number of hydrogen-bond acceptors (Lipinski definition) is 4. The zero-order valence-corrected chi connectivity index (χ0v) is 12.1. The van der Waals surface area contributed by atoms with Crippen molar-refractivity contribution in [3.63, 3.8) is 0 Å². The van der Waals surface area contributed by atoms with Crippen molar-refractivity contribution in [2.24, 2.45) is 0 Å². The number of aliphatic hydroxyl groups is 1. The van der Waals surface area contributed by atoms with Crippen LogP contribution < -0.4 is 10.6 Å². The first-order chi connectivity index (χ1) is 9.66. The van der Waals surface area contributed by atoms with Crippen LogP contribution in [0.25, 0.3) is 0 Å². The standard InChI is InChI=1S/C14H20N2O3S/c17-11(12-6-3-9-20-12)7-8-15-13(18)14(19)16-10-4-1-2-5-10/h3,6,9-11,17H,1-2,4-5,7-8H2,(H,15,18)(H,16,19). The molecule has 1 saturated carbocycles. The molecule has 2 amide bonds. The van der Waals surface area contributed by atoms with Crippen molar-refractivity contribution >= 4 is 23.2 Å². The van der Waals surface area contributed by atoms with E-state index in [0.29, 0.717) is 6.42 Å². The Morgan fingerprint density at radius 1 is 1.35 bits per heavy atom. The van der Waals surface area contributed by atoms with Gasteiger partial charge < -0.3 is 15.7 Å². The predicted octanol–water partition coefficient (Wildman–Crippen LogP) is 1.35. The van der Waals surface area contributed by atoms with Crippen molar-refractivity contribution < 1.29 is 14.7 Å². The molecule has 0 bridgehead atoms. The molecule has 0 radical (unpaired) electrons. The highest BCUT2D eigenvalue weighted by molar-refractivity contribution is 7.10. The first kappa shape index (κ1) is 15.0. The predicted molar refractivity (Wildman–Crippen MR) is 77.3 cm³/mol. The summed E-state index contributed by atoms with van der Waals surface area (Å²) in [5, 5.41) is 17.0. The number of thiophene rings is 1. The lowest BCUT2D eigenvalue weighted by molar-refractivity contribution is -0.139. The summed E-state index contributed by atoms with van der Waals surface area (Å²) in [6.07, 6.45) is 3.95. The smallest absolute Gasteiger partial charge is 0.309 e. The molecule has 5 nitrogen and oxygen atoms in total. The molecule has 110 valence electrons. The van der Waals surface area contributed by atoms with E-state index >= 15 is 0 Å². The summed E-state index contributed by atoms with van der Waals surface area (Å²) in [5.41, 5.74) is 0. The van der Waals surface area contributed by atoms with Gasteiger partial charge in [-0.3, -0.25) is 9.59 Å². The summed E-state index contributed by atoms with van der Waals surface area (Å²) < 4.78 is 0. The Morgan fingerprint density at radius 3 is 2.75 bits per heavy atom. The lowest BCUT2D eigenvalue weighted by Crippen LogP contribution is -2.44. The minimum Gasteiger partial charge on any atom is -0.388 e. The van der Waals surface area contributed by atoms with E-state index in [0.717, 1.165) is 30.6 Å². The second-order valence-electron chi connectivity index (χ2n) is 5.03. The van der Waals surface area contributed by atoms with Gasteiger partial charge in [-0.15, -0.1) is 11.3 Å². The van der Waals surface area contributed by atoms with Crippen LogP contribution in [0.2, 0.25) is 0 Å². The van der Waals surface area contributed by atoms with Gasteiger partial charge in [0.1, 0.15) is 0 Å². The zero-order valence-electron chi connectivity index (χ0n) is 11.3. The van der Waals surface area contributed by atoms with E-state index < -0.39 is 17.9 Å². The molecule has 1 aromatic rings. The van der Waals surface area contributed by atoms with Gasteiger partial charge in [0, 0.05) is 17.5 Å². The van der Waals surface area contributed by atoms with Gasteiger partial charge >= 0.3 is 11.8 Å². The highest BCUT2D eigenvalue weighted by atomic mass is 32.1. The van der Waals surface area contributed by atoms with E-state index in [-0.39, 0.29) is 12.6 Å². The zero-order chi connectivity index (χ0) is 14.4. The van der Waals surface area contributed by atoms with Crippen LogP contribution in [0.4, 0.5) is 0 Å². The second kappa shape index (κ2) is 7.40. The molecule has 1 fully saturated rings. The third-order valence-electron chi connectivity index (χ3n) is 3.47. The molecule has 0 aliphatic heterocycles. The molecule has 2 rings (SSSR count). The third kappa shape index (κ3) is 4.31. The average molecular weight is 296 g/mol. The minimum atomic E-state index is -0.615. The topological polar surface area (TPSA) is 78.4 Å². The molecular weight excluding hydrogens is 276 g/mol. The van der Waals surface area contributed by atoms with Gasteiger partial charge in [-0.05, 0) is 30.7 Å². The third-order valence-corrected chi connectivity index (χ3v) is 4.45. The van der Waals surface area contributed by atoms with Crippen molar-refractivity contribution in [3.05, 3.63) is 22.4 Å². The molecule has 6 heteroatoms. The lowest BCUT2D eigenvalue weighted by Gasteiger charge is -2.12. The molecule has 1 aromatic heterocycles. The fourth-order valence-electron chi connectivity index (χ4n) is 2.35. The Balaban J connectivity index is 1.65. The maximum Gasteiger partial charge on any atom is 0.309 e. The first-order valence-corrected chi connectivity index (χ1v) is 7.85. The maximum atomic E-state index is 11.6. The lowest BCUT2D eigenvalue weighted by atomic mass is 10.2. The molecule has 1 heterocycles. The quantitative estimate of drug-likeness (QED) is 0.718. The molecule has 1 aliphatic rings. The first-order valence-electron chi connectivity index (χ1n) is 6.97. The number of nitrogens with one attached hydrogen (secondary N) is 2. The Bertz CT molecular complexity index is 441. The molecule has 1 atom stereocenters. The highest BCUT2D eigenvalue weighted by Gasteiger charge is 2.21. The molecule has 1 unspecified atom stereocenters. The fourth-order valence-corrected chi connectivity index (χ4v) is 3.09. The van der Waals surface area contributed by atoms with E-state index in [1.165, 1.54) is 11.3 Å². The van der Waals surface area contributed by atoms with Gasteiger partial charge in [0.25, 0.3) is 0 Å². The number of aliphatic hydroxyl groups excluding tert-OH is 1. The molecule has 3 N–H and O–H groups in total. The van der Waals surface area contributed by atoms with Crippen LogP contribution in [-0.2, 0) is 9.59 Å². The van der Waals surface area contributed by atoms with Crippen LogP contribution in [-0.4, -0.2) is 29.5 Å². The van der Waals surface area contributed by atoms with E-state index in [1.807, 2.05) is 17.5 Å². The normalized spacial score (nSPS) is 16.9. The highest BCUT2D eigenvalue weighted by Crippen LogP contribution is 2.21. The van der Waals surface area contributed by atoms with Crippen LogP contribution in [0.1, 0.15) is 43.1 Å². The molecule has 1 aliphatic carbocycles. The Labute approximate surface area is 122 Å². The molecule has 0 saturated heterocycles. The monoisotopic (exact) mass is 296 g/mol. The largest absolute Gasteiger partial charge is 0.388 e. The van der Waals surface area contributed by atoms with Crippen molar-refractivity contribution in [1.29, 1.82) is 0 Å². The Kier molecular flexibility index (Phi) is 5.55. The van der Waals surface area contributed by atoms with Gasteiger partial charge in [0.2, 0.25) is 0 Å². The summed E-state index contributed by atoms with van der Waals surface area (Å²) >= 11 is 1.48. The van der Waals surface area contributed by atoms with Gasteiger partial charge in [-0.25, -0.2) is 0 Å². The molecular formula is C14H20N2O3S. The Morgan fingerprint density at radius 2 is 2.10 bits per heavy atom. The number of amides is 2. The van der Waals surface area contributed by atoms with Crippen LogP contribution in [0, 0.1) is 0 Å². The molecule has 0 aromatic carbocycles. The Hall–Kier alpha value is -1.40. The minimum absolute atomic E-state index is 0.143. The van der Waals surface area contributed by atoms with E-state index in [4.69, 9.17) is 0 Å². The van der Waals surface area contributed by atoms with Crippen molar-refractivity contribution in [3.8, 4) is 0 Å². The van der Waals surface area contributed by atoms with Gasteiger partial charge in [-0.1, -0.05) is 18.9 Å². The average Bonchev–Trinajstić information content (AvgIpc) is 3.11. The van der Waals surface area contributed by atoms with Gasteiger partial charge in [0.15, 0.2) is 0 Å². The van der Waals surface area contributed by atoms with E-state index in [9.17, 15) is 14.7 Å². The number of carbonyl (C=O) groups excluding carboxylic acids is 2. The summed E-state index contributed by atoms with van der Waals surface area (Å²) in [7, 11) is 0. The van der Waals surface area contributed by atoms with E-state index in [2.05, 4.69) is 10.6 Å². The van der Waals surface area contributed by atoms with Crippen LogP contribution >= 0.6 is 11.3 Å². The van der Waals surface area contributed by atoms with Gasteiger partial charge in [-0.2, -0.15) is 0 Å². The number of hydrogen-bond donors (Lipinski definition) is 3. The number of carbonyl (C=O) groups is 2. The molecule has 0 spiro atoms. The summed E-state index contributed by atoms with van der Waals surface area (Å²) in [6, 6.07) is 3.87. The SMILES string of the molecule is O=C(NCCC(O)c1cccs1)C(=O)NC1CCCC1. The van der Waals surface area contributed by atoms with Crippen molar-refractivity contribution in [2.45, 2.75) is 44.2 Å². The summed E-state index contributed by atoms with van der Waals surface area (Å²) in [5.74, 6) is -1.18. The molecule has 20 heavy (non-hydrogen) atoms.